The van der Waals surface area contributed by atoms with Crippen molar-refractivity contribution in [1.82, 2.24) is 4.90 Å². The summed E-state index contributed by atoms with van der Waals surface area (Å²) in [4.78, 5) is 25.0. The lowest BCUT2D eigenvalue weighted by atomic mass is 9.87. The van der Waals surface area contributed by atoms with Crippen molar-refractivity contribution in [1.29, 1.82) is 0 Å². The van der Waals surface area contributed by atoms with Gasteiger partial charge in [-0.25, -0.2) is 0 Å². The maximum Gasteiger partial charge on any atom is 0.311 e. The van der Waals surface area contributed by atoms with Gasteiger partial charge in [0.15, 0.2) is 5.75 Å². The number of thioether (sulfide) groups is 1. The van der Waals surface area contributed by atoms with Crippen LogP contribution in [-0.2, 0) is 4.79 Å². The summed E-state index contributed by atoms with van der Waals surface area (Å²) in [5, 5.41) is 20.5. The van der Waals surface area contributed by atoms with Crippen LogP contribution in [0.4, 0.5) is 5.69 Å². The van der Waals surface area contributed by atoms with Gasteiger partial charge in [-0.2, -0.15) is 0 Å². The smallest absolute Gasteiger partial charge is 0.311 e. The van der Waals surface area contributed by atoms with E-state index in [9.17, 15) is 20.0 Å². The predicted octanol–water partition coefficient (Wildman–Crippen LogP) is 4.47. The first-order valence-corrected chi connectivity index (χ1v) is 9.91. The van der Waals surface area contributed by atoms with Gasteiger partial charge in [0, 0.05) is 12.6 Å². The highest BCUT2D eigenvalue weighted by atomic mass is 32.2. The molecule has 1 aliphatic carbocycles. The molecule has 26 heavy (non-hydrogen) atoms. The van der Waals surface area contributed by atoms with E-state index in [1.54, 1.807) is 11.0 Å². The molecular formula is C18H20N2O4S2. The Hall–Kier alpha value is -1.93. The van der Waals surface area contributed by atoms with Crippen LogP contribution in [0.2, 0.25) is 0 Å². The van der Waals surface area contributed by atoms with Crippen molar-refractivity contribution in [3.05, 3.63) is 38.8 Å². The van der Waals surface area contributed by atoms with E-state index in [-0.39, 0.29) is 11.6 Å². The molecule has 2 fully saturated rings. The fourth-order valence-corrected chi connectivity index (χ4v) is 4.72. The topological polar surface area (TPSA) is 83.7 Å². The van der Waals surface area contributed by atoms with Gasteiger partial charge in [0.2, 0.25) is 0 Å². The average Bonchev–Trinajstić information content (AvgIpc) is 2.89. The second kappa shape index (κ2) is 8.18. The van der Waals surface area contributed by atoms with Crippen LogP contribution in [0.25, 0.3) is 6.08 Å². The fraction of sp³-hybridized carbons (Fsp3) is 0.444. The first-order chi connectivity index (χ1) is 12.5. The van der Waals surface area contributed by atoms with Crippen LogP contribution in [0.1, 0.15) is 44.1 Å². The zero-order chi connectivity index (χ0) is 18.7. The molecule has 1 N–H and O–H groups in total. The molecule has 1 saturated carbocycles. The molecule has 1 saturated heterocycles. The zero-order valence-electron chi connectivity index (χ0n) is 14.2. The second-order valence-electron chi connectivity index (χ2n) is 6.63. The van der Waals surface area contributed by atoms with Gasteiger partial charge in [0.1, 0.15) is 4.32 Å². The number of nitro benzene ring substituents is 1. The lowest BCUT2D eigenvalue weighted by Crippen LogP contribution is -2.30. The van der Waals surface area contributed by atoms with Crippen molar-refractivity contribution < 1.29 is 14.8 Å². The molecule has 0 unspecified atom stereocenters. The molecule has 1 heterocycles. The summed E-state index contributed by atoms with van der Waals surface area (Å²) in [6, 6.07) is 4.05. The van der Waals surface area contributed by atoms with Crippen molar-refractivity contribution in [2.45, 2.75) is 38.5 Å². The van der Waals surface area contributed by atoms with Crippen molar-refractivity contribution in [2.75, 3.05) is 6.54 Å². The molecule has 8 heteroatoms. The summed E-state index contributed by atoms with van der Waals surface area (Å²) < 4.78 is 0.533. The van der Waals surface area contributed by atoms with Gasteiger partial charge in [0.05, 0.1) is 9.83 Å². The number of thiocarbonyl (C=S) groups is 1. The van der Waals surface area contributed by atoms with Crippen LogP contribution >= 0.6 is 24.0 Å². The standard InChI is InChI=1S/C18H20N2O4S2/c21-15-7-6-13(10-14(15)20(23)24)11-16-17(22)19(18(25)26-16)9-8-12-4-2-1-3-5-12/h6-7,10-12,21H,1-5,8-9H2/b16-11+. The maximum atomic E-state index is 12.6. The molecular weight excluding hydrogens is 372 g/mol. The van der Waals surface area contributed by atoms with Gasteiger partial charge in [-0.05, 0) is 30.0 Å². The maximum absolute atomic E-state index is 12.6. The van der Waals surface area contributed by atoms with Gasteiger partial charge >= 0.3 is 5.69 Å². The minimum Gasteiger partial charge on any atom is -0.502 e. The van der Waals surface area contributed by atoms with E-state index in [1.165, 1.54) is 62.1 Å². The number of benzene rings is 1. The lowest BCUT2D eigenvalue weighted by molar-refractivity contribution is -0.385. The van der Waals surface area contributed by atoms with Crippen LogP contribution in [-0.4, -0.2) is 31.7 Å². The molecule has 6 nitrogen and oxygen atoms in total. The first-order valence-electron chi connectivity index (χ1n) is 8.68. The van der Waals surface area contributed by atoms with Gasteiger partial charge < -0.3 is 5.11 Å². The number of nitrogens with zero attached hydrogens (tertiary/aromatic N) is 2. The number of carbonyl (C=O) groups excluding carboxylic acids is 1. The van der Waals surface area contributed by atoms with Crippen LogP contribution < -0.4 is 0 Å². The van der Waals surface area contributed by atoms with Gasteiger partial charge in [-0.1, -0.05) is 62.2 Å². The number of hydrogen-bond donors (Lipinski definition) is 1. The van der Waals surface area contributed by atoms with E-state index < -0.39 is 10.7 Å². The molecule has 1 aromatic carbocycles. The Morgan fingerprint density at radius 3 is 2.77 bits per heavy atom. The molecule has 0 atom stereocenters. The minimum absolute atomic E-state index is 0.147. The Kier molecular flexibility index (Phi) is 5.93. The molecule has 0 radical (unpaired) electrons. The number of phenolic OH excluding ortho intramolecular Hbond substituents is 1. The molecule has 0 aromatic heterocycles. The first kappa shape index (κ1) is 18.8. The van der Waals surface area contributed by atoms with E-state index in [0.717, 1.165) is 6.42 Å². The summed E-state index contributed by atoms with van der Waals surface area (Å²) in [6.07, 6.45) is 8.84. The number of hydrogen-bond acceptors (Lipinski definition) is 6. The van der Waals surface area contributed by atoms with Gasteiger partial charge in [-0.3, -0.25) is 19.8 Å². The van der Waals surface area contributed by atoms with E-state index in [4.69, 9.17) is 12.2 Å². The summed E-state index contributed by atoms with van der Waals surface area (Å²) in [5.41, 5.74) is 0.105. The van der Waals surface area contributed by atoms with Gasteiger partial charge in [0.25, 0.3) is 5.91 Å². The number of phenols is 1. The Morgan fingerprint density at radius 1 is 1.35 bits per heavy atom. The van der Waals surface area contributed by atoms with Crippen molar-refractivity contribution in [3.63, 3.8) is 0 Å². The largest absolute Gasteiger partial charge is 0.502 e. The Labute approximate surface area is 161 Å². The third-order valence-electron chi connectivity index (χ3n) is 4.85. The second-order valence-corrected chi connectivity index (χ2v) is 8.31. The van der Waals surface area contributed by atoms with E-state index in [0.29, 0.717) is 27.3 Å². The number of amides is 1. The summed E-state index contributed by atoms with van der Waals surface area (Å²) in [5.74, 6) is 0.121. The molecule has 0 spiro atoms. The van der Waals surface area contributed by atoms with E-state index in [2.05, 4.69) is 0 Å². The Bertz CT molecular complexity index is 772. The van der Waals surface area contributed by atoms with Crippen molar-refractivity contribution in [3.8, 4) is 5.75 Å². The number of rotatable bonds is 5. The Morgan fingerprint density at radius 2 is 2.08 bits per heavy atom. The van der Waals surface area contributed by atoms with Crippen LogP contribution in [0.3, 0.4) is 0 Å². The minimum atomic E-state index is -0.651. The molecule has 0 bridgehead atoms. The number of nitro groups is 1. The third kappa shape index (κ3) is 4.24. The highest BCUT2D eigenvalue weighted by molar-refractivity contribution is 8.26. The highest BCUT2D eigenvalue weighted by Gasteiger charge is 2.32. The molecule has 1 aromatic rings. The monoisotopic (exact) mass is 392 g/mol. The summed E-state index contributed by atoms with van der Waals surface area (Å²) in [6.45, 7) is 0.627. The van der Waals surface area contributed by atoms with Crippen LogP contribution in [0.15, 0.2) is 23.1 Å². The zero-order valence-corrected chi connectivity index (χ0v) is 15.9. The summed E-state index contributed by atoms with van der Waals surface area (Å²) in [7, 11) is 0. The van der Waals surface area contributed by atoms with Crippen molar-refractivity contribution in [2.24, 2.45) is 5.92 Å². The lowest BCUT2D eigenvalue weighted by Gasteiger charge is -2.23. The van der Waals surface area contributed by atoms with E-state index in [1.807, 2.05) is 0 Å². The normalized spacial score (nSPS) is 20.2. The Balaban J connectivity index is 1.70. The highest BCUT2D eigenvalue weighted by Crippen LogP contribution is 2.35. The average molecular weight is 393 g/mol. The molecule has 1 amide bonds. The molecule has 2 aliphatic rings. The predicted molar refractivity (Wildman–Crippen MR) is 106 cm³/mol. The molecule has 1 aliphatic heterocycles. The van der Waals surface area contributed by atoms with Gasteiger partial charge in [-0.15, -0.1) is 0 Å². The van der Waals surface area contributed by atoms with Crippen molar-refractivity contribution >= 4 is 46.0 Å². The molecule has 138 valence electrons. The molecule has 3 rings (SSSR count). The van der Waals surface area contributed by atoms with Crippen LogP contribution in [0.5, 0.6) is 5.75 Å². The number of aromatic hydroxyl groups is 1. The SMILES string of the molecule is O=C1/C(=C\c2ccc(O)c([N+](=O)[O-])c2)SC(=S)N1CCC1CCCCC1. The third-order valence-corrected chi connectivity index (χ3v) is 6.23. The van der Waals surface area contributed by atoms with E-state index >= 15 is 0 Å². The number of carbonyl (C=O) groups is 1. The fourth-order valence-electron chi connectivity index (χ4n) is 3.41. The summed E-state index contributed by atoms with van der Waals surface area (Å²) >= 11 is 6.56. The van der Waals surface area contributed by atoms with Crippen LogP contribution in [0, 0.1) is 16.0 Å². The quantitative estimate of drug-likeness (QED) is 0.344.